The summed E-state index contributed by atoms with van der Waals surface area (Å²) in [6.45, 7) is 1.25. The Balaban J connectivity index is 3.35. The number of Topliss-reactive ketones (excluding diaryl/α,β-unsaturated/α-hetero) is 1. The third-order valence-electron chi connectivity index (χ3n) is 1.78. The first-order chi connectivity index (χ1) is 6.43. The highest BCUT2D eigenvalue weighted by molar-refractivity contribution is 6.34. The van der Waals surface area contributed by atoms with Gasteiger partial charge in [-0.1, -0.05) is 11.6 Å². The van der Waals surface area contributed by atoms with E-state index >= 15 is 0 Å². The van der Waals surface area contributed by atoms with E-state index in [4.69, 9.17) is 17.3 Å². The van der Waals surface area contributed by atoms with Crippen LogP contribution in [-0.2, 0) is 0 Å². The average molecular weight is 220 g/mol. The van der Waals surface area contributed by atoms with Gasteiger partial charge in [0.1, 0.15) is 0 Å². The number of carbonyl (C=O) groups excluding carboxylic acids is 1. The van der Waals surface area contributed by atoms with Gasteiger partial charge in [0.25, 0.3) is 6.43 Å². The molecule has 0 atom stereocenters. The monoisotopic (exact) mass is 219 g/mol. The first-order valence-electron chi connectivity index (χ1n) is 3.81. The molecule has 0 heterocycles. The van der Waals surface area contributed by atoms with E-state index in [1.54, 1.807) is 0 Å². The zero-order chi connectivity index (χ0) is 10.9. The van der Waals surface area contributed by atoms with E-state index in [1.807, 2.05) is 0 Å². The van der Waals surface area contributed by atoms with Crippen LogP contribution in [0.1, 0.15) is 29.3 Å². The van der Waals surface area contributed by atoms with Gasteiger partial charge in [0.05, 0.1) is 10.7 Å². The molecule has 0 spiro atoms. The Kier molecular flexibility index (Phi) is 3.06. The maximum Gasteiger partial charge on any atom is 0.263 e. The van der Waals surface area contributed by atoms with Gasteiger partial charge in [-0.15, -0.1) is 0 Å². The van der Waals surface area contributed by atoms with E-state index < -0.39 is 6.43 Å². The van der Waals surface area contributed by atoms with Gasteiger partial charge in [-0.05, 0) is 19.1 Å². The molecule has 0 bridgehead atoms. The zero-order valence-corrected chi connectivity index (χ0v) is 8.11. The molecular weight excluding hydrogens is 212 g/mol. The van der Waals surface area contributed by atoms with Crippen molar-refractivity contribution in [1.82, 2.24) is 0 Å². The van der Waals surface area contributed by atoms with Crippen molar-refractivity contribution in [3.63, 3.8) is 0 Å². The molecule has 1 aromatic carbocycles. The molecule has 0 aliphatic rings. The summed E-state index contributed by atoms with van der Waals surface area (Å²) in [6, 6.07) is 2.13. The smallest absolute Gasteiger partial charge is 0.263 e. The lowest BCUT2D eigenvalue weighted by molar-refractivity contribution is 0.101. The Hall–Kier alpha value is -1.16. The van der Waals surface area contributed by atoms with Gasteiger partial charge >= 0.3 is 0 Å². The molecule has 2 nitrogen and oxygen atoms in total. The number of nitrogen functional groups attached to an aromatic ring is 1. The van der Waals surface area contributed by atoms with Gasteiger partial charge in [-0.2, -0.15) is 0 Å². The molecule has 1 aromatic rings. The number of ketones is 1. The quantitative estimate of drug-likeness (QED) is 0.614. The summed E-state index contributed by atoms with van der Waals surface area (Å²) in [5.74, 6) is -0.383. The van der Waals surface area contributed by atoms with E-state index in [1.165, 1.54) is 6.92 Å². The highest BCUT2D eigenvalue weighted by Crippen LogP contribution is 2.30. The summed E-state index contributed by atoms with van der Waals surface area (Å²) in [5.41, 5.74) is 5.24. The molecule has 5 heteroatoms. The van der Waals surface area contributed by atoms with E-state index in [9.17, 15) is 13.6 Å². The first kappa shape index (κ1) is 10.9. The van der Waals surface area contributed by atoms with Gasteiger partial charge in [-0.25, -0.2) is 8.78 Å². The molecule has 0 saturated heterocycles. The second-order valence-corrected chi connectivity index (χ2v) is 3.23. The van der Waals surface area contributed by atoms with Gasteiger partial charge in [0.15, 0.2) is 5.78 Å². The molecular formula is C9H8ClF2NO. The summed E-state index contributed by atoms with van der Waals surface area (Å²) < 4.78 is 24.6. The maximum absolute atomic E-state index is 12.3. The van der Waals surface area contributed by atoms with Gasteiger partial charge in [0, 0.05) is 11.1 Å². The molecule has 0 amide bonds. The van der Waals surface area contributed by atoms with E-state index in [-0.39, 0.29) is 27.6 Å². The Morgan fingerprint density at radius 2 is 2.07 bits per heavy atom. The van der Waals surface area contributed by atoms with Crippen molar-refractivity contribution in [1.29, 1.82) is 0 Å². The molecule has 76 valence electrons. The number of rotatable bonds is 2. The van der Waals surface area contributed by atoms with Gasteiger partial charge < -0.3 is 5.73 Å². The largest absolute Gasteiger partial charge is 0.397 e. The first-order valence-corrected chi connectivity index (χ1v) is 4.19. The van der Waals surface area contributed by atoms with Crippen molar-refractivity contribution < 1.29 is 13.6 Å². The van der Waals surface area contributed by atoms with Crippen LogP contribution in [-0.4, -0.2) is 5.78 Å². The predicted molar refractivity (Wildman–Crippen MR) is 50.8 cm³/mol. The number of carbonyl (C=O) groups is 1. The SMILES string of the molecule is CC(=O)c1cc(C(F)F)cc(Cl)c1N. The molecule has 0 radical (unpaired) electrons. The molecule has 1 rings (SSSR count). The number of benzene rings is 1. The molecule has 0 aliphatic carbocycles. The topological polar surface area (TPSA) is 43.1 Å². The Morgan fingerprint density at radius 1 is 1.50 bits per heavy atom. The predicted octanol–water partition coefficient (Wildman–Crippen LogP) is 3.06. The number of hydrogen-bond acceptors (Lipinski definition) is 2. The Morgan fingerprint density at radius 3 is 2.50 bits per heavy atom. The number of nitrogens with two attached hydrogens (primary N) is 1. The fourth-order valence-corrected chi connectivity index (χ4v) is 1.28. The lowest BCUT2D eigenvalue weighted by atomic mass is 10.1. The van der Waals surface area contributed by atoms with Crippen molar-refractivity contribution in [2.24, 2.45) is 0 Å². The fourth-order valence-electron chi connectivity index (χ4n) is 1.06. The highest BCUT2D eigenvalue weighted by atomic mass is 35.5. The zero-order valence-electron chi connectivity index (χ0n) is 7.35. The molecule has 0 unspecified atom stereocenters. The fraction of sp³-hybridized carbons (Fsp3) is 0.222. The lowest BCUT2D eigenvalue weighted by Gasteiger charge is -2.07. The molecule has 0 aliphatic heterocycles. The van der Waals surface area contributed by atoms with E-state index in [0.717, 1.165) is 12.1 Å². The van der Waals surface area contributed by atoms with Crippen LogP contribution >= 0.6 is 11.6 Å². The highest BCUT2D eigenvalue weighted by Gasteiger charge is 2.15. The number of anilines is 1. The summed E-state index contributed by atoms with van der Waals surface area (Å²) >= 11 is 5.60. The van der Waals surface area contributed by atoms with Gasteiger partial charge in [-0.3, -0.25) is 4.79 Å². The van der Waals surface area contributed by atoms with Crippen molar-refractivity contribution in [3.8, 4) is 0 Å². The van der Waals surface area contributed by atoms with Crippen LogP contribution in [0.5, 0.6) is 0 Å². The van der Waals surface area contributed by atoms with Crippen LogP contribution < -0.4 is 5.73 Å². The summed E-state index contributed by atoms with van der Waals surface area (Å²) in [5, 5.41) is -0.0204. The molecule has 0 saturated carbocycles. The summed E-state index contributed by atoms with van der Waals surface area (Å²) in [4.78, 5) is 11.0. The van der Waals surface area contributed by atoms with Crippen LogP contribution in [0, 0.1) is 0 Å². The van der Waals surface area contributed by atoms with Crippen LogP contribution in [0.4, 0.5) is 14.5 Å². The summed E-state index contributed by atoms with van der Waals surface area (Å²) in [6.07, 6.45) is -2.66. The van der Waals surface area contributed by atoms with Gasteiger partial charge in [0.2, 0.25) is 0 Å². The van der Waals surface area contributed by atoms with Crippen molar-refractivity contribution in [2.75, 3.05) is 5.73 Å². The third kappa shape index (κ3) is 2.01. The van der Waals surface area contributed by atoms with Crippen LogP contribution in [0.25, 0.3) is 0 Å². The molecule has 2 N–H and O–H groups in total. The minimum absolute atomic E-state index is 0.0204. The summed E-state index contributed by atoms with van der Waals surface area (Å²) in [7, 11) is 0. The lowest BCUT2D eigenvalue weighted by Crippen LogP contribution is -2.02. The van der Waals surface area contributed by atoms with Crippen molar-refractivity contribution in [2.45, 2.75) is 13.3 Å². The van der Waals surface area contributed by atoms with Crippen LogP contribution in [0.3, 0.4) is 0 Å². The van der Waals surface area contributed by atoms with E-state index in [0.29, 0.717) is 0 Å². The standard InChI is InChI=1S/C9H8ClF2NO/c1-4(14)6-2-5(9(11)12)3-7(10)8(6)13/h2-3,9H,13H2,1H3. The van der Waals surface area contributed by atoms with E-state index in [2.05, 4.69) is 0 Å². The second kappa shape index (κ2) is 3.92. The van der Waals surface area contributed by atoms with Crippen LogP contribution in [0.15, 0.2) is 12.1 Å². The number of halogens is 3. The molecule has 14 heavy (non-hydrogen) atoms. The van der Waals surface area contributed by atoms with Crippen molar-refractivity contribution >= 4 is 23.1 Å². The second-order valence-electron chi connectivity index (χ2n) is 2.82. The Bertz CT molecular complexity index is 379. The minimum atomic E-state index is -2.66. The maximum atomic E-state index is 12.3. The van der Waals surface area contributed by atoms with Crippen molar-refractivity contribution in [3.05, 3.63) is 28.3 Å². The van der Waals surface area contributed by atoms with Crippen LogP contribution in [0.2, 0.25) is 5.02 Å². The Labute approximate surface area is 84.7 Å². The third-order valence-corrected chi connectivity index (χ3v) is 2.10. The minimum Gasteiger partial charge on any atom is -0.397 e. The number of hydrogen-bond donors (Lipinski definition) is 1. The molecule has 0 fully saturated rings. The normalized spacial score (nSPS) is 10.6. The number of alkyl halides is 2. The average Bonchev–Trinajstić information content (AvgIpc) is 2.08. The molecule has 0 aromatic heterocycles.